The molecule has 0 saturated carbocycles. The van der Waals surface area contributed by atoms with Crippen LogP contribution in [0.3, 0.4) is 0 Å². The number of hydrogen-bond donors (Lipinski definition) is 2. The van der Waals surface area contributed by atoms with Crippen LogP contribution in [0.5, 0.6) is 23.8 Å². The first-order chi connectivity index (χ1) is 63.7. The molecule has 131 heavy (non-hydrogen) atoms. The van der Waals surface area contributed by atoms with E-state index in [1.807, 2.05) is 31.2 Å². The fourth-order valence-electron chi connectivity index (χ4n) is 22.9. The zero-order valence-electron chi connectivity index (χ0n) is 75.0. The van der Waals surface area contributed by atoms with Gasteiger partial charge < -0.3 is 53.8 Å². The van der Waals surface area contributed by atoms with E-state index in [0.29, 0.717) is 160 Å². The Kier molecular flexibility index (Phi) is 24.7. The van der Waals surface area contributed by atoms with E-state index in [2.05, 4.69) is 182 Å². The average molecular weight is 1760 g/mol. The van der Waals surface area contributed by atoms with E-state index in [0.717, 1.165) is 165 Å². The number of phenolic OH excluding ortho intramolecular Hbond substituents is 1. The summed E-state index contributed by atoms with van der Waals surface area (Å²) in [5.41, 5.74) is 11.3. The molecule has 3 aromatic heterocycles. The maximum atomic E-state index is 12.6. The minimum absolute atomic E-state index is 0.0198. The van der Waals surface area contributed by atoms with Crippen LogP contribution in [0.1, 0.15) is 177 Å². The van der Waals surface area contributed by atoms with Crippen molar-refractivity contribution in [2.45, 2.75) is 197 Å². The fourth-order valence-corrected chi connectivity index (χ4v) is 22.9. The number of nitriles is 4. The number of aromatic hydroxyl groups is 1. The summed E-state index contributed by atoms with van der Waals surface area (Å²) < 4.78 is 18.7. The van der Waals surface area contributed by atoms with Crippen molar-refractivity contribution >= 4 is 67.5 Å². The van der Waals surface area contributed by atoms with Crippen LogP contribution in [-0.2, 0) is 65.7 Å². The molecule has 30 nitrogen and oxygen atoms in total. The molecule has 9 aromatic rings. The van der Waals surface area contributed by atoms with Gasteiger partial charge >= 0.3 is 18.0 Å². The molecule has 6 fully saturated rings. The number of benzene rings is 6. The Balaban J connectivity index is 0.000000127. The van der Waals surface area contributed by atoms with E-state index in [1.165, 1.54) is 34.7 Å². The summed E-state index contributed by atoms with van der Waals surface area (Å²) in [6.45, 7) is 31.9. The van der Waals surface area contributed by atoms with Crippen molar-refractivity contribution in [2.75, 3.05) is 113 Å². The first kappa shape index (κ1) is 87.6. The van der Waals surface area contributed by atoms with Crippen LogP contribution < -0.4 is 28.9 Å². The Bertz CT molecular complexity index is 6170. The number of piperazine rings is 3. The highest BCUT2D eigenvalue weighted by Crippen LogP contribution is 2.55. The lowest BCUT2D eigenvalue weighted by Crippen LogP contribution is -2.55. The monoisotopic (exact) mass is 1760 g/mol. The van der Waals surface area contributed by atoms with Crippen molar-refractivity contribution < 1.29 is 38.8 Å². The summed E-state index contributed by atoms with van der Waals surface area (Å²) in [6.07, 6.45) is 12.4. The Hall–Kier alpha value is -12.8. The van der Waals surface area contributed by atoms with Crippen LogP contribution >= 0.6 is 0 Å². The van der Waals surface area contributed by atoms with Gasteiger partial charge in [-0.25, -0.2) is 0 Å². The molecule has 6 aromatic carbocycles. The second-order valence-electron chi connectivity index (χ2n) is 37.2. The number of amides is 3. The van der Waals surface area contributed by atoms with Crippen LogP contribution in [0.15, 0.2) is 141 Å². The number of phenols is 1. The predicted molar refractivity (Wildman–Crippen MR) is 494 cm³/mol. The molecule has 12 aliphatic rings. The van der Waals surface area contributed by atoms with E-state index in [1.54, 1.807) is 20.8 Å². The molecule has 3 aliphatic carbocycles. The number of aliphatic hydroxyl groups is 1. The molecule has 3 amide bonds. The van der Waals surface area contributed by atoms with E-state index in [9.17, 15) is 45.6 Å². The van der Waals surface area contributed by atoms with Crippen LogP contribution in [0.25, 0.3) is 32.3 Å². The highest BCUT2D eigenvalue weighted by Gasteiger charge is 2.50. The second-order valence-corrected chi connectivity index (χ2v) is 37.2. The standard InChI is InChI=1S/C34H36N8O2.C34H39N7O3.C33H37N7O3/c1-3-30(43)42-16-15-39(18-24(42)12-13-35)33-28-19-41(20-29(28)37-34(38-33)44-21-40-14-6-7-22(40)2)32-26-11-5-9-23-8-4-10-25(31(23)26)27(32)17-36;1-4-29(42)41-17-16-38(18-24(41)13-14-35)32-26-19-40(20-28(26)36-33(37-32)44-21-39-15-7-8-22(39)2)31-25-11-5-9-23-10-6-12-27(30(23)25)34(31,3)43;1-3-29(42)40-15-14-37(17-24(40)11-12-34)32-25-18-39(19-26(25)35-33(36-32)43-20-38-13-5-6-21(38)2)27-16-23-8-4-7-22-9-10-28(41)31(27)30(22)23/h3-5,8-11,22,24,27,32H,1,6-7,12,14-16,18-21H2,2H3;4-6,9-12,22,24,31,43H,1,7-8,13,15-21H2,2-3H3;3-4,7-10,21,24,27,41H,1,5-6,11,13-20H2,2H3/t22?,24-,27?,32?;22?,24-,31?,34?;21?,24-,27?/m000/s1. The molecule has 12 heterocycles. The zero-order chi connectivity index (χ0) is 90.6. The van der Waals surface area contributed by atoms with Gasteiger partial charge in [0.15, 0.2) is 0 Å². The third-order valence-electron chi connectivity index (χ3n) is 29.6. The number of carbonyl (C=O) groups excluding carboxylic acids is 3. The summed E-state index contributed by atoms with van der Waals surface area (Å²) in [7, 11) is 0. The summed E-state index contributed by atoms with van der Waals surface area (Å²) in [6, 6.07) is 45.8. The Morgan fingerprint density at radius 3 is 1.32 bits per heavy atom. The number of fused-ring (bicyclic) bond motifs is 3. The maximum absolute atomic E-state index is 12.6. The van der Waals surface area contributed by atoms with Gasteiger partial charge in [-0.05, 0) is 157 Å². The second kappa shape index (κ2) is 36.9. The van der Waals surface area contributed by atoms with Crippen LogP contribution in [0, 0.1) is 45.3 Å². The summed E-state index contributed by atoms with van der Waals surface area (Å²) in [5.74, 6) is 1.94. The number of anilines is 3. The molecule has 2 N–H and O–H groups in total. The van der Waals surface area contributed by atoms with Gasteiger partial charge in [0.05, 0.1) is 96.7 Å². The fraction of sp³-hybridized carbons (Fsp3) is 0.455. The van der Waals surface area contributed by atoms with E-state index < -0.39 is 5.60 Å². The van der Waals surface area contributed by atoms with Gasteiger partial charge in [0, 0.05) is 164 Å². The molecule has 30 heteroatoms. The zero-order valence-corrected chi connectivity index (χ0v) is 75.0. The Labute approximate surface area is 764 Å². The molecular weight excluding hydrogens is 1650 g/mol. The van der Waals surface area contributed by atoms with Gasteiger partial charge in [0.2, 0.25) is 17.7 Å². The summed E-state index contributed by atoms with van der Waals surface area (Å²) in [4.78, 5) is 93.2. The molecule has 21 rings (SSSR count). The molecule has 0 spiro atoms. The number of hydrogen-bond acceptors (Lipinski definition) is 27. The number of ether oxygens (including phenoxy) is 3. The number of rotatable bonds is 21. The van der Waals surface area contributed by atoms with Crippen molar-refractivity contribution in [3.63, 3.8) is 0 Å². The van der Waals surface area contributed by atoms with E-state index in [-0.39, 0.29) is 79.2 Å². The highest BCUT2D eigenvalue weighted by molar-refractivity contribution is 5.96. The normalized spacial score (nSPS) is 25.0. The number of aromatic nitrogens is 6. The lowest BCUT2D eigenvalue weighted by Gasteiger charge is -2.41. The van der Waals surface area contributed by atoms with Crippen LogP contribution in [0.2, 0.25) is 0 Å². The van der Waals surface area contributed by atoms with Crippen molar-refractivity contribution in [1.82, 2.24) is 74.0 Å². The molecule has 674 valence electrons. The summed E-state index contributed by atoms with van der Waals surface area (Å²) in [5, 5.41) is 69.0. The van der Waals surface area contributed by atoms with Gasteiger partial charge in [-0.2, -0.15) is 51.0 Å². The number of likely N-dealkylation sites (tertiary alicyclic amines) is 3. The third kappa shape index (κ3) is 16.5. The van der Waals surface area contributed by atoms with E-state index in [4.69, 9.17) is 44.1 Å². The van der Waals surface area contributed by atoms with Gasteiger partial charge in [0.1, 0.15) is 49.0 Å². The van der Waals surface area contributed by atoms with Crippen molar-refractivity contribution in [3.05, 3.63) is 208 Å². The molecule has 0 radical (unpaired) electrons. The molecule has 8 unspecified atom stereocenters. The van der Waals surface area contributed by atoms with Crippen molar-refractivity contribution in [1.29, 1.82) is 21.0 Å². The maximum Gasteiger partial charge on any atom is 0.319 e. The Morgan fingerprint density at radius 1 is 0.473 bits per heavy atom. The third-order valence-corrected chi connectivity index (χ3v) is 29.6. The number of nitrogens with zero attached hydrogens (tertiary/aromatic N) is 22. The first-order valence-electron chi connectivity index (χ1n) is 46.3. The predicted octanol–water partition coefficient (Wildman–Crippen LogP) is 12.0. The van der Waals surface area contributed by atoms with Crippen molar-refractivity contribution in [3.8, 4) is 48.1 Å². The largest absolute Gasteiger partial charge is 0.508 e. The van der Waals surface area contributed by atoms with Gasteiger partial charge in [-0.3, -0.25) is 43.8 Å². The molecular formula is C101H112N22O8. The molecule has 0 bridgehead atoms. The van der Waals surface area contributed by atoms with Gasteiger partial charge in [-0.15, -0.1) is 0 Å². The first-order valence-corrected chi connectivity index (χ1v) is 46.3. The van der Waals surface area contributed by atoms with Gasteiger partial charge in [0.25, 0.3) is 0 Å². The van der Waals surface area contributed by atoms with Crippen LogP contribution in [0.4, 0.5) is 17.5 Å². The summed E-state index contributed by atoms with van der Waals surface area (Å²) >= 11 is 0. The average Bonchev–Trinajstić information content (AvgIpc) is 1.55. The van der Waals surface area contributed by atoms with Crippen LogP contribution in [-0.4, -0.2) is 237 Å². The lowest BCUT2D eigenvalue weighted by atomic mass is 9.92. The van der Waals surface area contributed by atoms with E-state index >= 15 is 0 Å². The molecule has 9 aliphatic heterocycles. The van der Waals surface area contributed by atoms with Crippen molar-refractivity contribution in [2.24, 2.45) is 0 Å². The topological polar surface area (TPSA) is 331 Å². The minimum Gasteiger partial charge on any atom is -0.508 e. The number of carbonyl (C=O) groups is 3. The lowest BCUT2D eigenvalue weighted by molar-refractivity contribution is -0.129. The SMILES string of the molecule is C=CC(=O)N1CCN(c2nc(OCN3CCCC3C)nc3c2CN(C2Cc4cccc5ccc(O)c2c45)C3)C[C@@H]1CC#N.C=CC(=O)N1CCN(c2nc(OCN3CCCC3C)nc3c2CN(C2c4cccc5cccc(c45)C2(C)O)C3)C[C@@H]1CC#N.C=CC(=O)N1CCN(c2nc(OCN3CCCC3C)nc3c2CN(C2c4cccc5cccc(c45)C2C#N)C3)C[C@@H]1CC#N. The smallest absolute Gasteiger partial charge is 0.319 e. The quantitative estimate of drug-likeness (QED) is 0.0631. The van der Waals surface area contributed by atoms with Gasteiger partial charge in [-0.1, -0.05) is 117 Å². The Morgan fingerprint density at radius 2 is 0.878 bits per heavy atom. The molecule has 11 atom stereocenters. The highest BCUT2D eigenvalue weighted by atomic mass is 16.5. The molecule has 6 saturated heterocycles. The minimum atomic E-state index is -1.08.